The number of piperidine rings is 1. The Labute approximate surface area is 213 Å². The zero-order valence-electron chi connectivity index (χ0n) is 20.9. The van der Waals surface area contributed by atoms with Crippen LogP contribution < -0.4 is 9.64 Å². The maximum atomic E-state index is 14.2. The molecule has 5 rings (SSSR count). The highest BCUT2D eigenvalue weighted by Gasteiger charge is 2.27. The number of anilines is 1. The first kappa shape index (κ1) is 24.8. The summed E-state index contributed by atoms with van der Waals surface area (Å²) >= 11 is 0. The molecule has 0 N–H and O–H groups in total. The van der Waals surface area contributed by atoms with Gasteiger partial charge in [-0.25, -0.2) is 12.8 Å². The molecule has 1 fully saturated rings. The van der Waals surface area contributed by atoms with E-state index in [1.165, 1.54) is 13.2 Å². The molecule has 3 aromatic rings. The number of ether oxygens (including phenoxy) is 1. The van der Waals surface area contributed by atoms with Crippen LogP contribution in [0.5, 0.6) is 5.75 Å². The lowest BCUT2D eigenvalue weighted by Gasteiger charge is -2.34. The Morgan fingerprint density at radius 3 is 2.17 bits per heavy atom. The molecule has 5 nitrogen and oxygen atoms in total. The molecule has 0 saturated carbocycles. The summed E-state index contributed by atoms with van der Waals surface area (Å²) in [6, 6.07) is 17.9. The number of likely N-dealkylation sites (N-methyl/N-ethyl adjacent to an activating group) is 1. The van der Waals surface area contributed by atoms with Crippen LogP contribution in [-0.2, 0) is 22.7 Å². The number of sulfone groups is 1. The SMILES string of the molecule is COc1cc2c(cc1S(=O)(=O)c1ccc(N3CCC(c4ccccc4F)CC3)cc1)CCN(C)CC2. The Morgan fingerprint density at radius 1 is 0.889 bits per heavy atom. The first-order valence-corrected chi connectivity index (χ1v) is 14.1. The third kappa shape index (κ3) is 4.87. The quantitative estimate of drug-likeness (QED) is 0.481. The summed E-state index contributed by atoms with van der Waals surface area (Å²) in [5.41, 5.74) is 4.01. The molecule has 2 heterocycles. The molecule has 1 saturated heterocycles. The highest BCUT2D eigenvalue weighted by Crippen LogP contribution is 2.35. The molecular formula is C29H33FN2O3S. The number of halogens is 1. The van der Waals surface area contributed by atoms with Crippen LogP contribution in [0.25, 0.3) is 0 Å². The first-order valence-electron chi connectivity index (χ1n) is 12.6. The van der Waals surface area contributed by atoms with Crippen LogP contribution in [-0.4, -0.2) is 53.7 Å². The number of nitrogens with zero attached hydrogens (tertiary/aromatic N) is 2. The number of benzene rings is 3. The Bertz CT molecular complexity index is 1330. The molecular weight excluding hydrogens is 475 g/mol. The Hall–Kier alpha value is -2.90. The lowest BCUT2D eigenvalue weighted by atomic mass is 9.89. The third-order valence-corrected chi connectivity index (χ3v) is 9.44. The predicted molar refractivity (Wildman–Crippen MR) is 140 cm³/mol. The topological polar surface area (TPSA) is 49.9 Å². The van der Waals surface area contributed by atoms with E-state index in [1.54, 1.807) is 18.2 Å². The van der Waals surface area contributed by atoms with Crippen LogP contribution in [0.3, 0.4) is 0 Å². The van der Waals surface area contributed by atoms with E-state index in [9.17, 15) is 12.8 Å². The summed E-state index contributed by atoms with van der Waals surface area (Å²) in [5, 5.41) is 0. The van der Waals surface area contributed by atoms with E-state index in [4.69, 9.17) is 4.74 Å². The smallest absolute Gasteiger partial charge is 0.210 e. The van der Waals surface area contributed by atoms with E-state index < -0.39 is 9.84 Å². The molecule has 7 heteroatoms. The summed E-state index contributed by atoms with van der Waals surface area (Å²) < 4.78 is 47.0. The molecule has 36 heavy (non-hydrogen) atoms. The summed E-state index contributed by atoms with van der Waals surface area (Å²) in [6.45, 7) is 3.46. The fourth-order valence-corrected chi connectivity index (χ4v) is 6.88. The van der Waals surface area contributed by atoms with Crippen molar-refractivity contribution in [3.05, 3.63) is 83.2 Å². The van der Waals surface area contributed by atoms with Crippen molar-refractivity contribution in [2.24, 2.45) is 0 Å². The van der Waals surface area contributed by atoms with Gasteiger partial charge in [0.25, 0.3) is 0 Å². The molecule has 2 aliphatic rings. The van der Waals surface area contributed by atoms with Gasteiger partial charge in [-0.2, -0.15) is 0 Å². The molecule has 0 amide bonds. The van der Waals surface area contributed by atoms with Crippen molar-refractivity contribution in [3.8, 4) is 5.75 Å². The fraction of sp³-hybridized carbons (Fsp3) is 0.379. The van der Waals surface area contributed by atoms with Crippen molar-refractivity contribution in [2.45, 2.75) is 41.4 Å². The minimum atomic E-state index is -3.74. The molecule has 0 bridgehead atoms. The fourth-order valence-electron chi connectivity index (χ4n) is 5.43. The van der Waals surface area contributed by atoms with Crippen molar-refractivity contribution < 1.29 is 17.5 Å². The average Bonchev–Trinajstić information content (AvgIpc) is 3.09. The minimum absolute atomic E-state index is 0.134. The second kappa shape index (κ2) is 10.2. The zero-order valence-corrected chi connectivity index (χ0v) is 21.7. The Morgan fingerprint density at radius 2 is 1.53 bits per heavy atom. The van der Waals surface area contributed by atoms with Crippen LogP contribution >= 0.6 is 0 Å². The summed E-state index contributed by atoms with van der Waals surface area (Å²) in [5.74, 6) is 0.478. The van der Waals surface area contributed by atoms with Gasteiger partial charge in [-0.1, -0.05) is 18.2 Å². The van der Waals surface area contributed by atoms with Crippen molar-refractivity contribution in [2.75, 3.05) is 45.2 Å². The van der Waals surface area contributed by atoms with Crippen LogP contribution in [0.15, 0.2) is 70.5 Å². The van der Waals surface area contributed by atoms with Gasteiger partial charge in [0.1, 0.15) is 16.5 Å². The van der Waals surface area contributed by atoms with Crippen LogP contribution in [0, 0.1) is 5.82 Å². The van der Waals surface area contributed by atoms with E-state index in [2.05, 4.69) is 16.8 Å². The Balaban J connectivity index is 1.34. The van der Waals surface area contributed by atoms with Gasteiger partial charge in [0.05, 0.1) is 12.0 Å². The van der Waals surface area contributed by atoms with Gasteiger partial charge in [-0.15, -0.1) is 0 Å². The standard InChI is InChI=1S/C29H33FN2O3S/c1-31-15-11-22-19-28(35-2)29(20-23(22)12-16-31)36(33,34)25-9-7-24(8-10-25)32-17-13-21(14-18-32)26-5-3-4-6-27(26)30/h3-10,19-21H,11-18H2,1-2H3. The second-order valence-electron chi connectivity index (χ2n) is 9.86. The van der Waals surface area contributed by atoms with Crippen molar-refractivity contribution in [3.63, 3.8) is 0 Å². The summed E-state index contributed by atoms with van der Waals surface area (Å²) in [7, 11) is -0.123. The Kier molecular flexibility index (Phi) is 7.04. The monoisotopic (exact) mass is 508 g/mol. The molecule has 0 atom stereocenters. The van der Waals surface area contributed by atoms with Crippen LogP contribution in [0.1, 0.15) is 35.4 Å². The van der Waals surface area contributed by atoms with Gasteiger partial charge in [-0.05, 0) is 97.8 Å². The normalized spacial score (nSPS) is 17.5. The van der Waals surface area contributed by atoms with E-state index >= 15 is 0 Å². The van der Waals surface area contributed by atoms with Crippen molar-refractivity contribution in [1.29, 1.82) is 0 Å². The highest BCUT2D eigenvalue weighted by atomic mass is 32.2. The van der Waals surface area contributed by atoms with Gasteiger partial charge < -0.3 is 14.5 Å². The van der Waals surface area contributed by atoms with Crippen molar-refractivity contribution in [1.82, 2.24) is 4.90 Å². The summed E-state index contributed by atoms with van der Waals surface area (Å²) in [6.07, 6.45) is 3.43. The van der Waals surface area contributed by atoms with Gasteiger partial charge in [0, 0.05) is 31.9 Å². The van der Waals surface area contributed by atoms with Gasteiger partial charge in [0.2, 0.25) is 9.84 Å². The molecule has 0 aliphatic carbocycles. The van der Waals surface area contributed by atoms with Gasteiger partial charge in [-0.3, -0.25) is 0 Å². The maximum Gasteiger partial charge on any atom is 0.210 e. The number of hydrogen-bond donors (Lipinski definition) is 0. The lowest BCUT2D eigenvalue weighted by Crippen LogP contribution is -2.33. The third-order valence-electron chi connectivity index (χ3n) is 7.65. The number of fused-ring (bicyclic) bond motifs is 1. The van der Waals surface area contributed by atoms with Crippen LogP contribution in [0.2, 0.25) is 0 Å². The maximum absolute atomic E-state index is 14.2. The van der Waals surface area contributed by atoms with Crippen molar-refractivity contribution >= 4 is 15.5 Å². The molecule has 2 aliphatic heterocycles. The molecule has 3 aromatic carbocycles. The average molecular weight is 509 g/mol. The molecule has 0 unspecified atom stereocenters. The van der Waals surface area contributed by atoms with E-state index in [0.717, 1.165) is 74.2 Å². The minimum Gasteiger partial charge on any atom is -0.495 e. The largest absolute Gasteiger partial charge is 0.495 e. The number of hydrogen-bond acceptors (Lipinski definition) is 5. The van der Waals surface area contributed by atoms with Crippen LogP contribution in [0.4, 0.5) is 10.1 Å². The van der Waals surface area contributed by atoms with E-state index in [-0.39, 0.29) is 21.5 Å². The molecule has 190 valence electrons. The molecule has 0 aromatic heterocycles. The van der Waals surface area contributed by atoms with Gasteiger partial charge in [0.15, 0.2) is 0 Å². The van der Waals surface area contributed by atoms with Gasteiger partial charge >= 0.3 is 0 Å². The summed E-state index contributed by atoms with van der Waals surface area (Å²) in [4.78, 5) is 4.99. The zero-order chi connectivity index (χ0) is 25.3. The second-order valence-corrected chi connectivity index (χ2v) is 11.8. The highest BCUT2D eigenvalue weighted by molar-refractivity contribution is 7.91. The first-order chi connectivity index (χ1) is 17.4. The number of methoxy groups -OCH3 is 1. The number of rotatable bonds is 5. The molecule has 0 spiro atoms. The molecule has 0 radical (unpaired) electrons. The predicted octanol–water partition coefficient (Wildman–Crippen LogP) is 5.08. The van der Waals surface area contributed by atoms with E-state index in [0.29, 0.717) is 5.75 Å². The van der Waals surface area contributed by atoms with E-state index in [1.807, 2.05) is 36.4 Å². The lowest BCUT2D eigenvalue weighted by molar-refractivity contribution is 0.352.